The Balaban J connectivity index is 1.06. The number of carboxylic acids is 1. The Hall–Kier alpha value is -2.22. The number of Topliss-reactive ketones (excluding diaryl/α,β-unsaturated/α-hetero) is 1. The predicted octanol–water partition coefficient (Wildman–Crippen LogP) is 3.62. The maximum atomic E-state index is 12.6. The Morgan fingerprint density at radius 3 is 2.19 bits per heavy atom. The van der Waals surface area contributed by atoms with E-state index in [-0.39, 0.29) is 81.3 Å². The SMILES string of the molecule is CC1=C(O)C(=O)CC(OC2CC(C)(C)C[C@H]3C4=CC[C@@H]5[C@@]6(C)CC[C@H](O[C@@H]7O[C@H](C(=O)O)[C@H](O)[C@H](O)[C@H]7O[C@@H]7OC[C@H](O)[C@H](O)[C@H]7O)[C@](C)(CO)[C@@H]6CC[C@@]5(C)[C@]4(C)CC[C@@]23C)O1. The zero-order valence-electron chi connectivity index (χ0n) is 38.1. The minimum atomic E-state index is -1.94. The van der Waals surface area contributed by atoms with Crippen LogP contribution < -0.4 is 0 Å². The highest BCUT2D eigenvalue weighted by Crippen LogP contribution is 2.76. The van der Waals surface area contributed by atoms with Crippen LogP contribution in [0.2, 0.25) is 0 Å². The number of fused-ring (bicyclic) bond motifs is 7. The molecule has 20 atom stereocenters. The maximum absolute atomic E-state index is 12.6. The predicted molar refractivity (Wildman–Crippen MR) is 222 cm³/mol. The number of allylic oxidation sites excluding steroid dienone is 4. The molecule has 8 rings (SSSR count). The second-order valence-electron chi connectivity index (χ2n) is 22.6. The summed E-state index contributed by atoms with van der Waals surface area (Å²) in [5.41, 5.74) is -0.0649. The van der Waals surface area contributed by atoms with E-state index in [1.165, 1.54) is 5.57 Å². The Labute approximate surface area is 369 Å². The smallest absolute Gasteiger partial charge is 0.335 e. The zero-order chi connectivity index (χ0) is 46.0. The molecule has 8 aliphatic rings. The molecule has 3 aliphatic heterocycles. The molecule has 2 unspecified atom stereocenters. The van der Waals surface area contributed by atoms with Gasteiger partial charge in [0, 0.05) is 10.8 Å². The molecular weight excluding hydrogens is 821 g/mol. The van der Waals surface area contributed by atoms with Crippen molar-refractivity contribution < 1.29 is 78.9 Å². The molecule has 5 aliphatic carbocycles. The van der Waals surface area contributed by atoms with Crippen molar-refractivity contribution in [2.24, 2.45) is 50.2 Å². The molecule has 8 N–H and O–H groups in total. The van der Waals surface area contributed by atoms with E-state index in [1.54, 1.807) is 6.92 Å². The third-order valence-corrected chi connectivity index (χ3v) is 18.6. The van der Waals surface area contributed by atoms with Gasteiger partial charge in [-0.15, -0.1) is 0 Å². The van der Waals surface area contributed by atoms with Crippen LogP contribution in [0.25, 0.3) is 0 Å². The molecule has 3 heterocycles. The fraction of sp³-hybridized carbons (Fsp3) is 0.872. The molecule has 0 aromatic rings. The lowest BCUT2D eigenvalue weighted by Gasteiger charge is -2.72. The number of aliphatic hydroxyl groups is 7. The Morgan fingerprint density at radius 2 is 1.52 bits per heavy atom. The van der Waals surface area contributed by atoms with Crippen molar-refractivity contribution in [2.75, 3.05) is 13.2 Å². The van der Waals surface area contributed by atoms with Crippen LogP contribution in [0.5, 0.6) is 0 Å². The van der Waals surface area contributed by atoms with Crippen LogP contribution >= 0.6 is 0 Å². The number of carbonyl (C=O) groups excluding carboxylic acids is 1. The fourth-order valence-electron chi connectivity index (χ4n) is 14.6. The first-order valence-corrected chi connectivity index (χ1v) is 23.1. The van der Waals surface area contributed by atoms with Crippen molar-refractivity contribution in [3.05, 3.63) is 23.2 Å². The molecule has 16 heteroatoms. The Kier molecular flexibility index (Phi) is 12.2. The molecule has 63 heavy (non-hydrogen) atoms. The standard InChI is InChI=1S/C47H72O16/c1-22-32(51)25(49)17-31(59-22)60-30-19-42(2,3)18-24-23-9-10-28-44(5)13-12-29(45(6,21-48)27(44)11-14-47(28,8)46(23,7)16-15-43(24,30)4)61-41-38(35(54)34(53)37(62-41)39(56)57)63-40-36(55)33(52)26(50)20-58-40/h9,24,26-31,33-38,40-41,48,50-55H,10-21H2,1-8H3,(H,56,57)/t24-,26-,27+,28+,29-,30?,31?,33-,34+,35-,36+,37-,38+,40-,41+,43+,44-,45+,46+,47+/m0/s1. The molecule has 2 saturated heterocycles. The van der Waals surface area contributed by atoms with E-state index in [0.29, 0.717) is 6.42 Å². The summed E-state index contributed by atoms with van der Waals surface area (Å²) in [5, 5.41) is 84.6. The second kappa shape index (κ2) is 16.2. The zero-order valence-corrected chi connectivity index (χ0v) is 38.1. The number of aliphatic carboxylic acids is 1. The molecule has 356 valence electrons. The largest absolute Gasteiger partial charge is 0.502 e. The molecule has 0 spiro atoms. The van der Waals surface area contributed by atoms with Crippen molar-refractivity contribution in [1.82, 2.24) is 0 Å². The van der Waals surface area contributed by atoms with Gasteiger partial charge < -0.3 is 69.3 Å². The highest BCUT2D eigenvalue weighted by molar-refractivity contribution is 5.94. The monoisotopic (exact) mass is 892 g/mol. The fourth-order valence-corrected chi connectivity index (χ4v) is 14.6. The van der Waals surface area contributed by atoms with E-state index < -0.39 is 85.7 Å². The maximum Gasteiger partial charge on any atom is 0.335 e. The van der Waals surface area contributed by atoms with Gasteiger partial charge >= 0.3 is 5.97 Å². The van der Waals surface area contributed by atoms with E-state index in [1.807, 2.05) is 6.92 Å². The number of rotatable bonds is 8. The van der Waals surface area contributed by atoms with Crippen LogP contribution in [-0.4, -0.2) is 140 Å². The van der Waals surface area contributed by atoms with E-state index >= 15 is 0 Å². The molecule has 6 fully saturated rings. The average molecular weight is 893 g/mol. The van der Waals surface area contributed by atoms with Crippen molar-refractivity contribution in [3.63, 3.8) is 0 Å². The molecule has 0 aromatic carbocycles. The molecule has 0 aromatic heterocycles. The van der Waals surface area contributed by atoms with E-state index in [4.69, 9.17) is 28.4 Å². The number of ketones is 1. The summed E-state index contributed by atoms with van der Waals surface area (Å²) in [5.74, 6) is -1.57. The number of hydrogen-bond acceptors (Lipinski definition) is 15. The van der Waals surface area contributed by atoms with Crippen LogP contribution in [0.3, 0.4) is 0 Å². The third-order valence-electron chi connectivity index (χ3n) is 18.6. The molecule has 0 amide bonds. The molecule has 0 radical (unpaired) electrons. The van der Waals surface area contributed by atoms with Gasteiger partial charge in [0.05, 0.1) is 31.8 Å². The quantitative estimate of drug-likeness (QED) is 0.128. The third kappa shape index (κ3) is 7.35. The van der Waals surface area contributed by atoms with Gasteiger partial charge in [0.25, 0.3) is 0 Å². The molecule has 16 nitrogen and oxygen atoms in total. The summed E-state index contributed by atoms with van der Waals surface area (Å²) in [6.07, 6.45) is -6.81. The lowest BCUT2D eigenvalue weighted by molar-refractivity contribution is -0.367. The minimum Gasteiger partial charge on any atom is -0.502 e. The summed E-state index contributed by atoms with van der Waals surface area (Å²) >= 11 is 0. The van der Waals surface area contributed by atoms with Gasteiger partial charge in [0.15, 0.2) is 24.4 Å². The van der Waals surface area contributed by atoms with Gasteiger partial charge in [-0.05, 0) is 104 Å². The molecule has 4 saturated carbocycles. The second-order valence-corrected chi connectivity index (χ2v) is 22.6. The number of aliphatic hydroxyl groups excluding tert-OH is 7. The number of carboxylic acid groups (broad SMARTS) is 1. The lowest BCUT2D eigenvalue weighted by atomic mass is 9.33. The van der Waals surface area contributed by atoms with Crippen molar-refractivity contribution in [2.45, 2.75) is 193 Å². The van der Waals surface area contributed by atoms with Gasteiger partial charge in [0.2, 0.25) is 12.1 Å². The van der Waals surface area contributed by atoms with Crippen LogP contribution in [0.4, 0.5) is 0 Å². The first kappa shape index (κ1) is 47.3. The van der Waals surface area contributed by atoms with E-state index in [0.717, 1.165) is 51.4 Å². The Bertz CT molecular complexity index is 1850. The summed E-state index contributed by atoms with van der Waals surface area (Å²) in [6.45, 7) is 17.2. The van der Waals surface area contributed by atoms with Gasteiger partial charge in [-0.3, -0.25) is 4.79 Å². The topological polar surface area (TPSA) is 251 Å². The normalized spacial score (nSPS) is 52.1. The molecule has 0 bridgehead atoms. The lowest BCUT2D eigenvalue weighted by Crippen LogP contribution is -2.67. The van der Waals surface area contributed by atoms with Gasteiger partial charge in [-0.25, -0.2) is 4.79 Å². The van der Waals surface area contributed by atoms with Crippen molar-refractivity contribution in [1.29, 1.82) is 0 Å². The first-order valence-electron chi connectivity index (χ1n) is 23.1. The van der Waals surface area contributed by atoms with Gasteiger partial charge in [-0.1, -0.05) is 60.1 Å². The van der Waals surface area contributed by atoms with Crippen molar-refractivity contribution >= 4 is 11.8 Å². The minimum absolute atomic E-state index is 0.0221. The number of carbonyl (C=O) groups is 2. The van der Waals surface area contributed by atoms with E-state index in [2.05, 4.69) is 47.6 Å². The first-order chi connectivity index (χ1) is 29.3. The molecular formula is C47H72O16. The summed E-state index contributed by atoms with van der Waals surface area (Å²) in [6, 6.07) is 0. The highest BCUT2D eigenvalue weighted by atomic mass is 16.8. The average Bonchev–Trinajstić information content (AvgIpc) is 3.21. The van der Waals surface area contributed by atoms with Crippen LogP contribution in [0.1, 0.15) is 120 Å². The highest BCUT2D eigenvalue weighted by Gasteiger charge is 2.70. The van der Waals surface area contributed by atoms with Crippen LogP contribution in [-0.2, 0) is 38.0 Å². The Morgan fingerprint density at radius 1 is 0.810 bits per heavy atom. The summed E-state index contributed by atoms with van der Waals surface area (Å²) in [7, 11) is 0. The van der Waals surface area contributed by atoms with Gasteiger partial charge in [-0.2, -0.15) is 0 Å². The summed E-state index contributed by atoms with van der Waals surface area (Å²) < 4.78 is 36.6. The van der Waals surface area contributed by atoms with Crippen LogP contribution in [0.15, 0.2) is 23.2 Å². The summed E-state index contributed by atoms with van der Waals surface area (Å²) in [4.78, 5) is 24.9. The number of hydrogen-bond donors (Lipinski definition) is 8. The van der Waals surface area contributed by atoms with Crippen LogP contribution in [0, 0.1) is 50.2 Å². The van der Waals surface area contributed by atoms with Crippen molar-refractivity contribution in [3.8, 4) is 0 Å². The number of ether oxygens (including phenoxy) is 6. The van der Waals surface area contributed by atoms with E-state index in [9.17, 15) is 50.4 Å². The van der Waals surface area contributed by atoms with Gasteiger partial charge in [0.1, 0.15) is 42.4 Å².